The van der Waals surface area contributed by atoms with Crippen LogP contribution in [-0.4, -0.2) is 19.3 Å². The summed E-state index contributed by atoms with van der Waals surface area (Å²) in [6.07, 6.45) is 0.199. The van der Waals surface area contributed by atoms with E-state index in [0.29, 0.717) is 5.92 Å². The van der Waals surface area contributed by atoms with Gasteiger partial charge in [0.25, 0.3) is 0 Å². The summed E-state index contributed by atoms with van der Waals surface area (Å²) in [5.74, 6) is 0.509. The zero-order valence-corrected chi connectivity index (χ0v) is 6.72. The lowest BCUT2D eigenvalue weighted by molar-refractivity contribution is 0.0487. The highest BCUT2D eigenvalue weighted by Gasteiger charge is 2.15. The molecule has 0 bridgehead atoms. The second-order valence-electron chi connectivity index (χ2n) is 2.80. The molecule has 1 unspecified atom stereocenters. The lowest BCUT2D eigenvalue weighted by Crippen LogP contribution is -2.37. The molecule has 0 aromatic heterocycles. The van der Waals surface area contributed by atoms with Gasteiger partial charge in [0, 0.05) is 13.2 Å². The zero-order chi connectivity index (χ0) is 7.44. The predicted molar refractivity (Wildman–Crippen MR) is 39.3 cm³/mol. The molecule has 0 radical (unpaired) electrons. The minimum atomic E-state index is 0.134. The molecule has 0 aliphatic carbocycles. The predicted octanol–water partition coefficient (Wildman–Crippen LogP) is 1.00. The van der Waals surface area contributed by atoms with Gasteiger partial charge < -0.3 is 10.5 Å². The summed E-state index contributed by atoms with van der Waals surface area (Å²) in [6.45, 7) is 6.18. The first-order chi connectivity index (χ1) is 4.09. The van der Waals surface area contributed by atoms with Crippen LogP contribution in [0, 0.1) is 5.92 Å². The summed E-state index contributed by atoms with van der Waals surface area (Å²) in [5, 5.41) is 0. The quantitative estimate of drug-likeness (QED) is 0.620. The number of rotatable bonds is 3. The lowest BCUT2D eigenvalue weighted by atomic mass is 10.0. The van der Waals surface area contributed by atoms with Gasteiger partial charge in [-0.15, -0.1) is 0 Å². The fourth-order valence-corrected chi connectivity index (χ4v) is 1.09. The van der Waals surface area contributed by atoms with Crippen molar-refractivity contribution in [1.29, 1.82) is 0 Å². The van der Waals surface area contributed by atoms with Crippen molar-refractivity contribution in [2.24, 2.45) is 11.7 Å². The van der Waals surface area contributed by atoms with Crippen molar-refractivity contribution in [2.75, 3.05) is 7.11 Å². The molecule has 2 nitrogen and oxygen atoms in total. The molecule has 0 aromatic rings. The van der Waals surface area contributed by atoms with Gasteiger partial charge in [-0.05, 0) is 12.8 Å². The highest BCUT2D eigenvalue weighted by molar-refractivity contribution is 4.70. The molecule has 0 aromatic carbocycles. The standard InChI is InChI=1S/C7H17NO/c1-5(2)7(9-4)6(3)8/h5-7H,8H2,1-4H3/t6-,7?/m0/s1. The van der Waals surface area contributed by atoms with Crippen molar-refractivity contribution in [2.45, 2.75) is 32.9 Å². The minimum Gasteiger partial charge on any atom is -0.380 e. The van der Waals surface area contributed by atoms with Crippen molar-refractivity contribution >= 4 is 0 Å². The number of hydrogen-bond acceptors (Lipinski definition) is 2. The Morgan fingerprint density at radius 3 is 1.67 bits per heavy atom. The summed E-state index contributed by atoms with van der Waals surface area (Å²) in [5.41, 5.74) is 5.62. The van der Waals surface area contributed by atoms with Crippen molar-refractivity contribution in [3.8, 4) is 0 Å². The van der Waals surface area contributed by atoms with E-state index in [1.54, 1.807) is 7.11 Å². The number of hydrogen-bond donors (Lipinski definition) is 1. The first-order valence-corrected chi connectivity index (χ1v) is 3.38. The molecule has 0 fully saturated rings. The third-order valence-corrected chi connectivity index (χ3v) is 1.45. The SMILES string of the molecule is COC(C(C)C)[C@H](C)N. The Bertz CT molecular complexity index is 63.3. The Morgan fingerprint density at radius 1 is 1.22 bits per heavy atom. The van der Waals surface area contributed by atoms with Gasteiger partial charge in [-0.3, -0.25) is 0 Å². The number of ether oxygens (including phenoxy) is 1. The van der Waals surface area contributed by atoms with Gasteiger partial charge in [0.05, 0.1) is 6.10 Å². The van der Waals surface area contributed by atoms with Gasteiger partial charge in [0.1, 0.15) is 0 Å². The fourth-order valence-electron chi connectivity index (χ4n) is 1.09. The van der Waals surface area contributed by atoms with Crippen LogP contribution in [0.4, 0.5) is 0 Å². The molecule has 2 atom stereocenters. The van der Waals surface area contributed by atoms with E-state index in [9.17, 15) is 0 Å². The van der Waals surface area contributed by atoms with Gasteiger partial charge in [0.15, 0.2) is 0 Å². The third-order valence-electron chi connectivity index (χ3n) is 1.45. The van der Waals surface area contributed by atoms with E-state index in [4.69, 9.17) is 10.5 Å². The second kappa shape index (κ2) is 3.85. The molecule has 2 heteroatoms. The molecular formula is C7H17NO. The van der Waals surface area contributed by atoms with Gasteiger partial charge >= 0.3 is 0 Å². The largest absolute Gasteiger partial charge is 0.380 e. The van der Waals surface area contributed by atoms with E-state index in [1.807, 2.05) is 6.92 Å². The van der Waals surface area contributed by atoms with Crippen LogP contribution >= 0.6 is 0 Å². The van der Waals surface area contributed by atoms with E-state index in [1.165, 1.54) is 0 Å². The molecule has 0 aliphatic heterocycles. The van der Waals surface area contributed by atoms with Crippen molar-refractivity contribution < 1.29 is 4.74 Å². The molecular weight excluding hydrogens is 114 g/mol. The van der Waals surface area contributed by atoms with Crippen LogP contribution in [0.5, 0.6) is 0 Å². The molecule has 0 rings (SSSR count). The van der Waals surface area contributed by atoms with Crippen LogP contribution < -0.4 is 5.73 Å². The molecule has 0 saturated heterocycles. The lowest BCUT2D eigenvalue weighted by Gasteiger charge is -2.22. The Kier molecular flexibility index (Phi) is 3.82. The summed E-state index contributed by atoms with van der Waals surface area (Å²) < 4.78 is 5.15. The van der Waals surface area contributed by atoms with E-state index in [0.717, 1.165) is 0 Å². The van der Waals surface area contributed by atoms with Crippen LogP contribution in [0.1, 0.15) is 20.8 Å². The molecule has 9 heavy (non-hydrogen) atoms. The van der Waals surface area contributed by atoms with Crippen LogP contribution in [-0.2, 0) is 4.74 Å². The van der Waals surface area contributed by atoms with E-state index in [-0.39, 0.29) is 12.1 Å². The molecule has 0 amide bonds. The molecule has 0 heterocycles. The maximum Gasteiger partial charge on any atom is 0.0742 e. The third kappa shape index (κ3) is 2.82. The van der Waals surface area contributed by atoms with Gasteiger partial charge in [-0.25, -0.2) is 0 Å². The number of nitrogens with two attached hydrogens (primary N) is 1. The monoisotopic (exact) mass is 131 g/mol. The fraction of sp³-hybridized carbons (Fsp3) is 1.00. The Labute approximate surface area is 57.4 Å². The van der Waals surface area contributed by atoms with Gasteiger partial charge in [0.2, 0.25) is 0 Å². The second-order valence-corrected chi connectivity index (χ2v) is 2.80. The maximum atomic E-state index is 5.62. The highest BCUT2D eigenvalue weighted by atomic mass is 16.5. The van der Waals surface area contributed by atoms with E-state index >= 15 is 0 Å². The Balaban J connectivity index is 3.68. The molecule has 0 spiro atoms. The molecule has 2 N–H and O–H groups in total. The van der Waals surface area contributed by atoms with E-state index in [2.05, 4.69) is 13.8 Å². The Hall–Kier alpha value is -0.0800. The van der Waals surface area contributed by atoms with E-state index < -0.39 is 0 Å². The van der Waals surface area contributed by atoms with Crippen molar-refractivity contribution in [3.63, 3.8) is 0 Å². The average Bonchev–Trinajstić information content (AvgIpc) is 1.64. The maximum absolute atomic E-state index is 5.62. The highest BCUT2D eigenvalue weighted by Crippen LogP contribution is 2.07. The summed E-state index contributed by atoms with van der Waals surface area (Å²) in [7, 11) is 1.70. The average molecular weight is 131 g/mol. The van der Waals surface area contributed by atoms with Gasteiger partial charge in [-0.1, -0.05) is 13.8 Å². The van der Waals surface area contributed by atoms with Crippen molar-refractivity contribution in [3.05, 3.63) is 0 Å². The summed E-state index contributed by atoms with van der Waals surface area (Å²) >= 11 is 0. The van der Waals surface area contributed by atoms with Crippen LogP contribution in [0.15, 0.2) is 0 Å². The van der Waals surface area contributed by atoms with Crippen LogP contribution in [0.25, 0.3) is 0 Å². The molecule has 56 valence electrons. The zero-order valence-electron chi connectivity index (χ0n) is 6.72. The van der Waals surface area contributed by atoms with Gasteiger partial charge in [-0.2, -0.15) is 0 Å². The first-order valence-electron chi connectivity index (χ1n) is 3.38. The molecule has 0 aliphatic rings. The smallest absolute Gasteiger partial charge is 0.0742 e. The molecule has 0 saturated carbocycles. The summed E-state index contributed by atoms with van der Waals surface area (Å²) in [4.78, 5) is 0. The first kappa shape index (κ1) is 8.92. The van der Waals surface area contributed by atoms with Crippen LogP contribution in [0.2, 0.25) is 0 Å². The normalized spacial score (nSPS) is 18.0. The van der Waals surface area contributed by atoms with Crippen LogP contribution in [0.3, 0.4) is 0 Å². The summed E-state index contributed by atoms with van der Waals surface area (Å²) in [6, 6.07) is 0.134. The Morgan fingerprint density at radius 2 is 1.67 bits per heavy atom. The van der Waals surface area contributed by atoms with Crippen molar-refractivity contribution in [1.82, 2.24) is 0 Å². The minimum absolute atomic E-state index is 0.134. The number of methoxy groups -OCH3 is 1. The topological polar surface area (TPSA) is 35.2 Å².